The molecule has 0 aliphatic rings. The molecule has 1 aromatic heterocycles. The van der Waals surface area contributed by atoms with E-state index in [9.17, 15) is 0 Å². The number of fused-ring (bicyclic) bond motifs is 1. The topological polar surface area (TPSA) is 29.9 Å². The molecular weight excluding hydrogens is 186 g/mol. The number of nitrogens with one attached hydrogen (secondary N) is 1. The van der Waals surface area contributed by atoms with Crippen LogP contribution < -0.4 is 5.32 Å². The summed E-state index contributed by atoms with van der Waals surface area (Å²) in [6, 6.07) is 6.44. The van der Waals surface area contributed by atoms with E-state index < -0.39 is 0 Å². The first-order valence-corrected chi connectivity index (χ1v) is 5.37. The fourth-order valence-corrected chi connectivity index (χ4v) is 1.91. The largest absolute Gasteiger partial charge is 0.314 e. The number of rotatable bonds is 3. The van der Waals surface area contributed by atoms with Crippen molar-refractivity contribution in [2.24, 2.45) is 0 Å². The lowest BCUT2D eigenvalue weighted by molar-refractivity contribution is 0.610. The van der Waals surface area contributed by atoms with Crippen molar-refractivity contribution in [1.29, 1.82) is 0 Å². The molecular formula is C12H17N3. The normalized spacial score (nSPS) is 11.1. The number of nitrogens with zero attached hydrogens (tertiary/aromatic N) is 2. The molecule has 0 radical (unpaired) electrons. The Morgan fingerprint density at radius 3 is 2.87 bits per heavy atom. The third-order valence-electron chi connectivity index (χ3n) is 2.65. The molecule has 15 heavy (non-hydrogen) atoms. The zero-order chi connectivity index (χ0) is 10.8. The number of aryl methyl sites for hydroxylation is 2. The van der Waals surface area contributed by atoms with Gasteiger partial charge in [-0.05, 0) is 32.5 Å². The average molecular weight is 203 g/mol. The minimum atomic E-state index is 0.868. The van der Waals surface area contributed by atoms with Crippen LogP contribution in [0.3, 0.4) is 0 Å². The van der Waals surface area contributed by atoms with Gasteiger partial charge in [0.25, 0.3) is 0 Å². The highest BCUT2D eigenvalue weighted by Gasteiger charge is 2.08. The molecule has 1 heterocycles. The van der Waals surface area contributed by atoms with Crippen LogP contribution in [-0.2, 0) is 13.1 Å². The van der Waals surface area contributed by atoms with Gasteiger partial charge in [0.05, 0.1) is 11.2 Å². The van der Waals surface area contributed by atoms with Crippen LogP contribution in [0, 0.1) is 6.92 Å². The lowest BCUT2D eigenvalue weighted by atomic mass is 10.1. The number of aromatic nitrogens is 2. The van der Waals surface area contributed by atoms with Gasteiger partial charge in [0.2, 0.25) is 0 Å². The van der Waals surface area contributed by atoms with Gasteiger partial charge in [-0.25, -0.2) is 0 Å². The number of hydrogen-bond donors (Lipinski definition) is 1. The molecule has 80 valence electrons. The smallest absolute Gasteiger partial charge is 0.0929 e. The average Bonchev–Trinajstić information content (AvgIpc) is 2.56. The van der Waals surface area contributed by atoms with E-state index in [0.29, 0.717) is 0 Å². The molecule has 0 saturated heterocycles. The second-order valence-electron chi connectivity index (χ2n) is 3.81. The second kappa shape index (κ2) is 4.03. The summed E-state index contributed by atoms with van der Waals surface area (Å²) in [5.41, 5.74) is 3.64. The first-order chi connectivity index (χ1) is 7.26. The first kappa shape index (κ1) is 10.2. The van der Waals surface area contributed by atoms with Crippen molar-refractivity contribution in [3.63, 3.8) is 0 Å². The molecule has 2 rings (SSSR count). The fraction of sp³-hybridized carbons (Fsp3) is 0.417. The van der Waals surface area contributed by atoms with Gasteiger partial charge in [-0.1, -0.05) is 12.1 Å². The highest BCUT2D eigenvalue weighted by Crippen LogP contribution is 2.19. The van der Waals surface area contributed by atoms with Crippen molar-refractivity contribution in [1.82, 2.24) is 15.1 Å². The molecule has 0 bridgehead atoms. The van der Waals surface area contributed by atoms with Gasteiger partial charge in [0.1, 0.15) is 0 Å². The summed E-state index contributed by atoms with van der Waals surface area (Å²) in [5.74, 6) is 0. The molecule has 3 heteroatoms. The molecule has 3 nitrogen and oxygen atoms in total. The van der Waals surface area contributed by atoms with Crippen LogP contribution in [0.15, 0.2) is 18.2 Å². The Kier molecular flexibility index (Phi) is 2.73. The minimum Gasteiger partial charge on any atom is -0.314 e. The standard InChI is InChI=1S/C12H17N3/c1-4-15-12(8-13-3)10-6-5-9(2)7-11(10)14-15/h5-7,13H,4,8H2,1-3H3. The summed E-state index contributed by atoms with van der Waals surface area (Å²) in [6.07, 6.45) is 0. The Hall–Kier alpha value is -1.35. The minimum absolute atomic E-state index is 0.868. The third-order valence-corrected chi connectivity index (χ3v) is 2.65. The van der Waals surface area contributed by atoms with Crippen molar-refractivity contribution in [2.45, 2.75) is 26.9 Å². The molecule has 0 atom stereocenters. The van der Waals surface area contributed by atoms with Crippen molar-refractivity contribution in [2.75, 3.05) is 7.05 Å². The Balaban J connectivity index is 2.63. The van der Waals surface area contributed by atoms with E-state index in [4.69, 9.17) is 0 Å². The van der Waals surface area contributed by atoms with E-state index in [2.05, 4.69) is 47.1 Å². The van der Waals surface area contributed by atoms with Crippen LogP contribution >= 0.6 is 0 Å². The molecule has 0 fully saturated rings. The highest BCUT2D eigenvalue weighted by molar-refractivity contribution is 5.82. The van der Waals surface area contributed by atoms with Crippen LogP contribution in [-0.4, -0.2) is 16.8 Å². The summed E-state index contributed by atoms with van der Waals surface area (Å²) in [4.78, 5) is 0. The van der Waals surface area contributed by atoms with Gasteiger partial charge in [-0.3, -0.25) is 4.68 Å². The zero-order valence-corrected chi connectivity index (χ0v) is 9.54. The van der Waals surface area contributed by atoms with Crippen molar-refractivity contribution in [3.8, 4) is 0 Å². The van der Waals surface area contributed by atoms with Crippen LogP contribution in [0.25, 0.3) is 10.9 Å². The van der Waals surface area contributed by atoms with Crippen LogP contribution in [0.4, 0.5) is 0 Å². The van der Waals surface area contributed by atoms with E-state index in [1.54, 1.807) is 0 Å². The van der Waals surface area contributed by atoms with E-state index >= 15 is 0 Å². The summed E-state index contributed by atoms with van der Waals surface area (Å²) in [7, 11) is 1.97. The van der Waals surface area contributed by atoms with Crippen LogP contribution in [0.1, 0.15) is 18.2 Å². The van der Waals surface area contributed by atoms with Gasteiger partial charge in [-0.15, -0.1) is 0 Å². The molecule has 0 spiro atoms. The van der Waals surface area contributed by atoms with Crippen molar-refractivity contribution < 1.29 is 0 Å². The van der Waals surface area contributed by atoms with E-state index in [1.807, 2.05) is 7.05 Å². The molecule has 1 aromatic carbocycles. The predicted octanol–water partition coefficient (Wildman–Crippen LogP) is 2.08. The SMILES string of the molecule is CCn1nc2cc(C)ccc2c1CNC. The molecule has 2 aromatic rings. The maximum Gasteiger partial charge on any atom is 0.0929 e. The lowest BCUT2D eigenvalue weighted by Crippen LogP contribution is -2.11. The lowest BCUT2D eigenvalue weighted by Gasteiger charge is -2.03. The maximum atomic E-state index is 4.59. The fourth-order valence-electron chi connectivity index (χ4n) is 1.91. The van der Waals surface area contributed by atoms with Gasteiger partial charge >= 0.3 is 0 Å². The summed E-state index contributed by atoms with van der Waals surface area (Å²) in [5, 5.41) is 9.04. The van der Waals surface area contributed by atoms with E-state index in [0.717, 1.165) is 18.6 Å². The monoisotopic (exact) mass is 203 g/mol. The van der Waals surface area contributed by atoms with Gasteiger partial charge < -0.3 is 5.32 Å². The summed E-state index contributed by atoms with van der Waals surface area (Å²) >= 11 is 0. The maximum absolute atomic E-state index is 4.59. The molecule has 0 aliphatic heterocycles. The first-order valence-electron chi connectivity index (χ1n) is 5.37. The molecule has 0 saturated carbocycles. The Morgan fingerprint density at radius 2 is 2.20 bits per heavy atom. The van der Waals surface area contributed by atoms with E-state index in [-0.39, 0.29) is 0 Å². The van der Waals surface area contributed by atoms with E-state index in [1.165, 1.54) is 16.6 Å². The van der Waals surface area contributed by atoms with Crippen molar-refractivity contribution >= 4 is 10.9 Å². The van der Waals surface area contributed by atoms with Gasteiger partial charge in [-0.2, -0.15) is 5.10 Å². The van der Waals surface area contributed by atoms with Gasteiger partial charge in [0, 0.05) is 18.5 Å². The molecule has 1 N–H and O–H groups in total. The quantitative estimate of drug-likeness (QED) is 0.827. The molecule has 0 amide bonds. The number of hydrogen-bond acceptors (Lipinski definition) is 2. The Bertz CT molecular complexity index is 471. The second-order valence-corrected chi connectivity index (χ2v) is 3.81. The summed E-state index contributed by atoms with van der Waals surface area (Å²) in [6.45, 7) is 6.01. The predicted molar refractivity (Wildman–Crippen MR) is 62.9 cm³/mol. The molecule has 0 unspecified atom stereocenters. The van der Waals surface area contributed by atoms with Gasteiger partial charge in [0.15, 0.2) is 0 Å². The molecule has 0 aliphatic carbocycles. The third kappa shape index (κ3) is 1.75. The van der Waals surface area contributed by atoms with Crippen LogP contribution in [0.5, 0.6) is 0 Å². The highest BCUT2D eigenvalue weighted by atomic mass is 15.3. The zero-order valence-electron chi connectivity index (χ0n) is 9.54. The Labute approximate surface area is 90.1 Å². The number of benzene rings is 1. The Morgan fingerprint density at radius 1 is 1.40 bits per heavy atom. The van der Waals surface area contributed by atoms with Crippen LogP contribution in [0.2, 0.25) is 0 Å². The van der Waals surface area contributed by atoms with Crippen molar-refractivity contribution in [3.05, 3.63) is 29.5 Å². The summed E-state index contributed by atoms with van der Waals surface area (Å²) < 4.78 is 2.07.